The van der Waals surface area contributed by atoms with Gasteiger partial charge < -0.3 is 10.2 Å². The van der Waals surface area contributed by atoms with E-state index in [2.05, 4.69) is 5.32 Å². The minimum absolute atomic E-state index is 0.0169. The Balaban J connectivity index is 2.65. The maximum absolute atomic E-state index is 12.4. The lowest BCUT2D eigenvalue weighted by atomic mass is 10.0. The van der Waals surface area contributed by atoms with Gasteiger partial charge in [0.15, 0.2) is 0 Å². The number of likely N-dealkylation sites (N-methyl/N-ethyl adjacent to an activating group) is 1. The van der Waals surface area contributed by atoms with Gasteiger partial charge >= 0.3 is 0 Å². The Kier molecular flexibility index (Phi) is 7.11. The number of rotatable bonds is 7. The molecule has 0 bridgehead atoms. The van der Waals surface area contributed by atoms with Crippen molar-refractivity contribution in [1.82, 2.24) is 10.2 Å². The van der Waals surface area contributed by atoms with Crippen molar-refractivity contribution in [2.24, 2.45) is 5.92 Å². The molecule has 0 fully saturated rings. The molecule has 118 valence electrons. The normalized spacial score (nSPS) is 11.6. The van der Waals surface area contributed by atoms with E-state index in [1.165, 1.54) is 4.90 Å². The van der Waals surface area contributed by atoms with Crippen molar-refractivity contribution in [3.8, 4) is 6.07 Å². The molecule has 0 aliphatic heterocycles. The topological polar surface area (TPSA) is 73.2 Å². The van der Waals surface area contributed by atoms with E-state index in [0.717, 1.165) is 5.56 Å². The van der Waals surface area contributed by atoms with Crippen LogP contribution in [0, 0.1) is 17.2 Å². The van der Waals surface area contributed by atoms with Crippen LogP contribution >= 0.6 is 0 Å². The molecule has 0 aliphatic rings. The highest BCUT2D eigenvalue weighted by molar-refractivity contribution is 5.88. The molecule has 1 unspecified atom stereocenters. The first kappa shape index (κ1) is 17.7. The summed E-state index contributed by atoms with van der Waals surface area (Å²) in [7, 11) is 1.65. The highest BCUT2D eigenvalue weighted by Gasteiger charge is 2.26. The van der Waals surface area contributed by atoms with Gasteiger partial charge in [-0.25, -0.2) is 0 Å². The van der Waals surface area contributed by atoms with Crippen LogP contribution in [0.1, 0.15) is 25.8 Å². The largest absolute Gasteiger partial charge is 0.344 e. The van der Waals surface area contributed by atoms with Gasteiger partial charge in [-0.3, -0.25) is 9.59 Å². The summed E-state index contributed by atoms with van der Waals surface area (Å²) >= 11 is 0. The molecule has 0 radical (unpaired) electrons. The second-order valence-corrected chi connectivity index (χ2v) is 5.62. The molecule has 1 N–H and O–H groups in total. The van der Waals surface area contributed by atoms with E-state index in [-0.39, 0.29) is 30.6 Å². The Morgan fingerprint density at radius 1 is 1.27 bits per heavy atom. The molecule has 5 nitrogen and oxygen atoms in total. The van der Waals surface area contributed by atoms with Crippen molar-refractivity contribution < 1.29 is 9.59 Å². The van der Waals surface area contributed by atoms with E-state index < -0.39 is 6.04 Å². The van der Waals surface area contributed by atoms with Gasteiger partial charge in [-0.2, -0.15) is 5.26 Å². The lowest BCUT2D eigenvalue weighted by molar-refractivity contribution is -0.136. The molecule has 1 aromatic carbocycles. The summed E-state index contributed by atoms with van der Waals surface area (Å²) in [6.45, 7) is 4.15. The van der Waals surface area contributed by atoms with Crippen LogP contribution in [0.4, 0.5) is 0 Å². The number of carbonyl (C=O) groups is 2. The molecule has 0 saturated carbocycles. The molecular weight excluding hydrogens is 278 g/mol. The monoisotopic (exact) mass is 301 g/mol. The van der Waals surface area contributed by atoms with Crippen LogP contribution in [0.2, 0.25) is 0 Å². The number of amides is 2. The van der Waals surface area contributed by atoms with Crippen molar-refractivity contribution in [3.63, 3.8) is 0 Å². The minimum atomic E-state index is -0.570. The number of benzene rings is 1. The van der Waals surface area contributed by atoms with Gasteiger partial charge in [0.1, 0.15) is 6.04 Å². The number of nitrogens with one attached hydrogen (secondary N) is 1. The Morgan fingerprint density at radius 3 is 2.45 bits per heavy atom. The molecule has 0 aromatic heterocycles. The zero-order chi connectivity index (χ0) is 16.5. The number of hydrogen-bond donors (Lipinski definition) is 1. The SMILES string of the molecule is CC(C)C(NC(=O)Cc1ccccc1)C(=O)N(C)CCC#N. The zero-order valence-electron chi connectivity index (χ0n) is 13.4. The Hall–Kier alpha value is -2.35. The molecule has 1 aromatic rings. The van der Waals surface area contributed by atoms with E-state index in [4.69, 9.17) is 5.26 Å². The van der Waals surface area contributed by atoms with Crippen molar-refractivity contribution in [2.45, 2.75) is 32.7 Å². The van der Waals surface area contributed by atoms with Crippen molar-refractivity contribution in [2.75, 3.05) is 13.6 Å². The first-order valence-corrected chi connectivity index (χ1v) is 7.41. The zero-order valence-corrected chi connectivity index (χ0v) is 13.4. The van der Waals surface area contributed by atoms with Crippen LogP contribution in [0.3, 0.4) is 0 Å². The summed E-state index contributed by atoms with van der Waals surface area (Å²) < 4.78 is 0. The third kappa shape index (κ3) is 5.57. The van der Waals surface area contributed by atoms with Crippen LogP contribution < -0.4 is 5.32 Å². The first-order chi connectivity index (χ1) is 10.5. The number of hydrogen-bond acceptors (Lipinski definition) is 3. The lowest BCUT2D eigenvalue weighted by Crippen LogP contribution is -2.50. The molecule has 0 saturated heterocycles. The van der Waals surface area contributed by atoms with Crippen LogP contribution in [-0.4, -0.2) is 36.3 Å². The molecular formula is C17H23N3O2. The van der Waals surface area contributed by atoms with Gasteiger partial charge in [0.05, 0.1) is 18.9 Å². The molecule has 0 spiro atoms. The summed E-state index contributed by atoms with van der Waals surface area (Å²) in [5.74, 6) is -0.352. The van der Waals surface area contributed by atoms with Gasteiger partial charge in [-0.15, -0.1) is 0 Å². The summed E-state index contributed by atoms with van der Waals surface area (Å²) in [4.78, 5) is 26.0. The average Bonchev–Trinajstić information content (AvgIpc) is 2.50. The predicted octanol–water partition coefficient (Wildman–Crippen LogP) is 1.74. The maximum atomic E-state index is 12.4. The standard InChI is InChI=1S/C17H23N3O2/c1-13(2)16(17(22)20(3)11-7-10-18)19-15(21)12-14-8-5-4-6-9-14/h4-6,8-9,13,16H,7,11-12H2,1-3H3,(H,19,21). The molecule has 1 rings (SSSR count). The van der Waals surface area contributed by atoms with Crippen molar-refractivity contribution in [3.05, 3.63) is 35.9 Å². The van der Waals surface area contributed by atoms with E-state index >= 15 is 0 Å². The Bertz CT molecular complexity index is 535. The summed E-state index contributed by atoms with van der Waals surface area (Å²) in [5, 5.41) is 11.4. The summed E-state index contributed by atoms with van der Waals surface area (Å²) in [5.41, 5.74) is 0.910. The van der Waals surface area contributed by atoms with Crippen molar-refractivity contribution >= 4 is 11.8 Å². The average molecular weight is 301 g/mol. The van der Waals surface area contributed by atoms with Gasteiger partial charge in [0.2, 0.25) is 11.8 Å². The maximum Gasteiger partial charge on any atom is 0.245 e. The first-order valence-electron chi connectivity index (χ1n) is 7.41. The third-order valence-corrected chi connectivity index (χ3v) is 3.39. The Morgan fingerprint density at radius 2 is 1.91 bits per heavy atom. The predicted molar refractivity (Wildman–Crippen MR) is 84.8 cm³/mol. The molecule has 1 atom stereocenters. The molecule has 0 heterocycles. The summed E-state index contributed by atoms with van der Waals surface area (Å²) in [6, 6.07) is 10.9. The van der Waals surface area contributed by atoms with Crippen LogP contribution in [0.15, 0.2) is 30.3 Å². The Labute approximate surface area is 131 Å². The van der Waals surface area contributed by atoms with E-state index in [1.54, 1.807) is 7.05 Å². The number of nitriles is 1. The van der Waals surface area contributed by atoms with Crippen molar-refractivity contribution in [1.29, 1.82) is 5.26 Å². The van der Waals surface area contributed by atoms with Crippen LogP contribution in [-0.2, 0) is 16.0 Å². The molecule has 22 heavy (non-hydrogen) atoms. The number of nitrogens with zero attached hydrogens (tertiary/aromatic N) is 2. The second kappa shape index (κ2) is 8.83. The van der Waals surface area contributed by atoms with Gasteiger partial charge in [0.25, 0.3) is 0 Å². The summed E-state index contributed by atoms with van der Waals surface area (Å²) in [6.07, 6.45) is 0.532. The fourth-order valence-corrected chi connectivity index (χ4v) is 2.08. The molecule has 5 heteroatoms. The van der Waals surface area contributed by atoms with E-state index in [0.29, 0.717) is 6.54 Å². The minimum Gasteiger partial charge on any atom is -0.344 e. The van der Waals surface area contributed by atoms with E-state index in [1.807, 2.05) is 50.2 Å². The van der Waals surface area contributed by atoms with Gasteiger partial charge in [-0.05, 0) is 11.5 Å². The van der Waals surface area contributed by atoms with E-state index in [9.17, 15) is 9.59 Å². The van der Waals surface area contributed by atoms with Gasteiger partial charge in [-0.1, -0.05) is 44.2 Å². The quantitative estimate of drug-likeness (QED) is 0.833. The molecule has 0 aliphatic carbocycles. The molecule has 2 amide bonds. The number of carbonyl (C=O) groups excluding carboxylic acids is 2. The smallest absolute Gasteiger partial charge is 0.245 e. The van der Waals surface area contributed by atoms with Crippen LogP contribution in [0.5, 0.6) is 0 Å². The third-order valence-electron chi connectivity index (χ3n) is 3.39. The highest BCUT2D eigenvalue weighted by Crippen LogP contribution is 2.07. The van der Waals surface area contributed by atoms with Crippen LogP contribution in [0.25, 0.3) is 0 Å². The fraction of sp³-hybridized carbons (Fsp3) is 0.471. The fourth-order valence-electron chi connectivity index (χ4n) is 2.08. The van der Waals surface area contributed by atoms with Gasteiger partial charge in [0, 0.05) is 13.6 Å². The second-order valence-electron chi connectivity index (χ2n) is 5.62. The lowest BCUT2D eigenvalue weighted by Gasteiger charge is -2.26. The highest BCUT2D eigenvalue weighted by atomic mass is 16.2.